The largest absolute Gasteiger partial charge is 0.396 e. The van der Waals surface area contributed by atoms with Crippen LogP contribution in [0.1, 0.15) is 31.0 Å². The maximum Gasteiger partial charge on any atom is 0.0500 e. The van der Waals surface area contributed by atoms with Gasteiger partial charge in [0, 0.05) is 49.3 Å². The van der Waals surface area contributed by atoms with Crippen LogP contribution >= 0.6 is 11.6 Å². The van der Waals surface area contributed by atoms with Gasteiger partial charge >= 0.3 is 0 Å². The van der Waals surface area contributed by atoms with E-state index in [0.29, 0.717) is 0 Å². The number of halogens is 1. The first kappa shape index (κ1) is 15.8. The van der Waals surface area contributed by atoms with Gasteiger partial charge in [-0.2, -0.15) is 0 Å². The van der Waals surface area contributed by atoms with E-state index < -0.39 is 0 Å². The lowest BCUT2D eigenvalue weighted by atomic mass is 9.78. The Morgan fingerprint density at radius 1 is 1.35 bits per heavy atom. The highest BCUT2D eigenvalue weighted by atomic mass is 35.5. The van der Waals surface area contributed by atoms with Crippen molar-refractivity contribution in [3.05, 3.63) is 34.3 Å². The van der Waals surface area contributed by atoms with Crippen LogP contribution in [-0.4, -0.2) is 42.8 Å². The summed E-state index contributed by atoms with van der Waals surface area (Å²) in [6.45, 7) is 10.4. The Kier molecular flexibility index (Phi) is 5.08. The van der Waals surface area contributed by atoms with Gasteiger partial charge in [0.05, 0.1) is 0 Å². The first-order valence-electron chi connectivity index (χ1n) is 7.28. The molecule has 1 aromatic carbocycles. The Morgan fingerprint density at radius 2 is 2.00 bits per heavy atom. The van der Waals surface area contributed by atoms with Crippen molar-refractivity contribution >= 4 is 11.6 Å². The van der Waals surface area contributed by atoms with E-state index in [0.717, 1.165) is 36.8 Å². The number of aryl methyl sites for hydroxylation is 1. The van der Waals surface area contributed by atoms with E-state index in [2.05, 4.69) is 37.1 Å². The number of nitrogens with zero attached hydrogens (tertiary/aromatic N) is 1. The lowest BCUT2D eigenvalue weighted by Gasteiger charge is -2.44. The first-order valence-corrected chi connectivity index (χ1v) is 7.66. The third-order valence-corrected chi connectivity index (χ3v) is 4.54. The van der Waals surface area contributed by atoms with Crippen LogP contribution in [0.5, 0.6) is 0 Å². The molecule has 20 heavy (non-hydrogen) atoms. The molecule has 2 N–H and O–H groups in total. The number of hydrogen-bond acceptors (Lipinski definition) is 3. The number of hydrogen-bond donors (Lipinski definition) is 2. The van der Waals surface area contributed by atoms with Crippen molar-refractivity contribution in [3.63, 3.8) is 0 Å². The van der Waals surface area contributed by atoms with Crippen molar-refractivity contribution in [3.8, 4) is 0 Å². The second kappa shape index (κ2) is 6.44. The van der Waals surface area contributed by atoms with Crippen LogP contribution in [0.2, 0.25) is 5.02 Å². The predicted molar refractivity (Wildman–Crippen MR) is 84.2 cm³/mol. The van der Waals surface area contributed by atoms with Gasteiger partial charge in [-0.1, -0.05) is 37.6 Å². The minimum Gasteiger partial charge on any atom is -0.396 e. The zero-order chi connectivity index (χ0) is 14.8. The minimum absolute atomic E-state index is 0.142. The van der Waals surface area contributed by atoms with Crippen LogP contribution in [0.3, 0.4) is 0 Å². The second-order valence-electron chi connectivity index (χ2n) is 6.31. The van der Waals surface area contributed by atoms with Crippen LogP contribution in [0.15, 0.2) is 18.2 Å². The van der Waals surface area contributed by atoms with Crippen molar-refractivity contribution < 1.29 is 5.11 Å². The zero-order valence-electron chi connectivity index (χ0n) is 12.6. The van der Waals surface area contributed by atoms with Crippen molar-refractivity contribution in [2.45, 2.75) is 26.8 Å². The molecule has 1 aromatic rings. The number of benzene rings is 1. The SMILES string of the molecule is Cc1cccc(Cl)c1[C@H](N1CCNCC1)C(C)(C)CO. The Hall–Kier alpha value is -0.610. The molecule has 1 atom stereocenters. The third kappa shape index (κ3) is 3.17. The standard InChI is InChI=1S/C16H25ClN2O/c1-12-5-4-6-13(17)14(12)15(16(2,3)11-20)19-9-7-18-8-10-19/h4-6,15,18,20H,7-11H2,1-3H3/t15-/m0/s1. The fourth-order valence-corrected chi connectivity index (χ4v) is 3.41. The molecule has 0 bridgehead atoms. The van der Waals surface area contributed by atoms with Gasteiger partial charge in [0.25, 0.3) is 0 Å². The highest BCUT2D eigenvalue weighted by molar-refractivity contribution is 6.31. The van der Waals surface area contributed by atoms with Crippen molar-refractivity contribution in [1.82, 2.24) is 10.2 Å². The fourth-order valence-electron chi connectivity index (χ4n) is 3.09. The van der Waals surface area contributed by atoms with Crippen molar-refractivity contribution in [1.29, 1.82) is 0 Å². The Balaban J connectivity index is 2.45. The average Bonchev–Trinajstić information content (AvgIpc) is 2.43. The van der Waals surface area contributed by atoms with E-state index in [4.69, 9.17) is 11.6 Å². The van der Waals surface area contributed by atoms with Crippen LogP contribution in [0, 0.1) is 12.3 Å². The molecule has 1 aliphatic heterocycles. The van der Waals surface area contributed by atoms with E-state index >= 15 is 0 Å². The van der Waals surface area contributed by atoms with Gasteiger partial charge < -0.3 is 10.4 Å². The Labute approximate surface area is 126 Å². The number of aliphatic hydroxyl groups excluding tert-OH is 1. The Bertz CT molecular complexity index is 436. The summed E-state index contributed by atoms with van der Waals surface area (Å²) >= 11 is 6.48. The second-order valence-corrected chi connectivity index (χ2v) is 6.71. The van der Waals surface area contributed by atoms with Gasteiger partial charge in [0.1, 0.15) is 0 Å². The number of nitrogens with one attached hydrogen (secondary N) is 1. The maximum atomic E-state index is 9.85. The molecule has 0 spiro atoms. The highest BCUT2D eigenvalue weighted by Gasteiger charge is 2.37. The summed E-state index contributed by atoms with van der Waals surface area (Å²) in [6.07, 6.45) is 0. The molecule has 1 heterocycles. The van der Waals surface area contributed by atoms with E-state index in [9.17, 15) is 5.11 Å². The Morgan fingerprint density at radius 3 is 2.55 bits per heavy atom. The van der Waals surface area contributed by atoms with Gasteiger partial charge in [-0.3, -0.25) is 4.90 Å². The molecular formula is C16H25ClN2O. The molecule has 0 aromatic heterocycles. The molecule has 3 nitrogen and oxygen atoms in total. The maximum absolute atomic E-state index is 9.85. The van der Waals surface area contributed by atoms with Gasteiger partial charge in [0.15, 0.2) is 0 Å². The molecule has 0 unspecified atom stereocenters. The van der Waals surface area contributed by atoms with Crippen LogP contribution in [0.25, 0.3) is 0 Å². The quantitative estimate of drug-likeness (QED) is 0.896. The average molecular weight is 297 g/mol. The highest BCUT2D eigenvalue weighted by Crippen LogP contribution is 2.42. The molecule has 1 aliphatic rings. The zero-order valence-corrected chi connectivity index (χ0v) is 13.4. The van der Waals surface area contributed by atoms with E-state index in [1.54, 1.807) is 0 Å². The minimum atomic E-state index is -0.229. The monoisotopic (exact) mass is 296 g/mol. The molecule has 1 saturated heterocycles. The van der Waals surface area contributed by atoms with Crippen molar-refractivity contribution in [2.24, 2.45) is 5.41 Å². The molecule has 112 valence electrons. The fraction of sp³-hybridized carbons (Fsp3) is 0.625. The topological polar surface area (TPSA) is 35.5 Å². The summed E-state index contributed by atoms with van der Waals surface area (Å²) < 4.78 is 0. The molecule has 4 heteroatoms. The number of piperazine rings is 1. The number of aliphatic hydroxyl groups is 1. The molecule has 0 saturated carbocycles. The molecule has 0 aliphatic carbocycles. The molecule has 0 amide bonds. The van der Waals surface area contributed by atoms with Gasteiger partial charge in [-0.05, 0) is 24.1 Å². The predicted octanol–water partition coefficient (Wildman–Crippen LogP) is 2.61. The summed E-state index contributed by atoms with van der Waals surface area (Å²) in [4.78, 5) is 2.45. The lowest BCUT2D eigenvalue weighted by Crippen LogP contribution is -2.49. The van der Waals surface area contributed by atoms with Gasteiger partial charge in [-0.25, -0.2) is 0 Å². The smallest absolute Gasteiger partial charge is 0.0500 e. The normalized spacial score (nSPS) is 19.1. The molecular weight excluding hydrogens is 272 g/mol. The summed E-state index contributed by atoms with van der Waals surface area (Å²) in [6, 6.07) is 6.18. The summed E-state index contributed by atoms with van der Waals surface area (Å²) in [7, 11) is 0. The van der Waals surface area contributed by atoms with Crippen LogP contribution in [0.4, 0.5) is 0 Å². The van der Waals surface area contributed by atoms with Crippen molar-refractivity contribution in [2.75, 3.05) is 32.8 Å². The lowest BCUT2D eigenvalue weighted by molar-refractivity contribution is 0.0302. The molecule has 2 rings (SSSR count). The van der Waals surface area contributed by atoms with Crippen LogP contribution in [-0.2, 0) is 0 Å². The van der Waals surface area contributed by atoms with Gasteiger partial charge in [-0.15, -0.1) is 0 Å². The first-order chi connectivity index (χ1) is 9.47. The summed E-state index contributed by atoms with van der Waals surface area (Å²) in [5.41, 5.74) is 2.13. The number of rotatable bonds is 4. The van der Waals surface area contributed by atoms with E-state index in [-0.39, 0.29) is 18.1 Å². The van der Waals surface area contributed by atoms with Gasteiger partial charge in [0.2, 0.25) is 0 Å². The third-order valence-electron chi connectivity index (χ3n) is 4.21. The van der Waals surface area contributed by atoms with Crippen LogP contribution < -0.4 is 5.32 Å². The van der Waals surface area contributed by atoms with E-state index in [1.165, 1.54) is 5.56 Å². The summed E-state index contributed by atoms with van der Waals surface area (Å²) in [5.74, 6) is 0. The molecule has 1 fully saturated rings. The summed E-state index contributed by atoms with van der Waals surface area (Å²) in [5, 5.41) is 14.0. The molecule has 0 radical (unpaired) electrons. The van der Waals surface area contributed by atoms with E-state index in [1.807, 2.05) is 12.1 Å².